The third-order valence-corrected chi connectivity index (χ3v) is 4.11. The highest BCUT2D eigenvalue weighted by Crippen LogP contribution is 2.40. The monoisotopic (exact) mass is 386 g/mol. The number of benzene rings is 1. The molecule has 2 rings (SSSR count). The van der Waals surface area contributed by atoms with Crippen LogP contribution in [0.2, 0.25) is 0 Å². The molecule has 0 radical (unpaired) electrons. The van der Waals surface area contributed by atoms with Crippen molar-refractivity contribution >= 4 is 15.9 Å². The van der Waals surface area contributed by atoms with Crippen LogP contribution in [0.1, 0.15) is 52.4 Å². The van der Waals surface area contributed by atoms with Gasteiger partial charge in [-0.05, 0) is 40.9 Å². The number of rotatable bonds is 7. The maximum absolute atomic E-state index is 5.93. The van der Waals surface area contributed by atoms with Crippen LogP contribution in [0.4, 0.5) is 0 Å². The highest BCUT2D eigenvalue weighted by atomic mass is 79.9. The molecule has 0 aromatic heterocycles. The van der Waals surface area contributed by atoms with Gasteiger partial charge >= 0.3 is 0 Å². The van der Waals surface area contributed by atoms with E-state index >= 15 is 0 Å². The van der Waals surface area contributed by atoms with E-state index < -0.39 is 6.29 Å². The minimum atomic E-state index is -0.410. The molecule has 0 spiro atoms. The van der Waals surface area contributed by atoms with Crippen molar-refractivity contribution in [2.75, 3.05) is 26.4 Å². The molecule has 4 nitrogen and oxygen atoms in total. The van der Waals surface area contributed by atoms with E-state index in [1.807, 2.05) is 12.1 Å². The molecule has 0 atom stereocenters. The van der Waals surface area contributed by atoms with Gasteiger partial charge in [-0.1, -0.05) is 27.7 Å². The van der Waals surface area contributed by atoms with E-state index in [0.717, 1.165) is 34.4 Å². The summed E-state index contributed by atoms with van der Waals surface area (Å²) in [5, 5.41) is 0. The smallest absolute Gasteiger partial charge is 0.187 e. The lowest BCUT2D eigenvalue weighted by molar-refractivity contribution is -0.226. The van der Waals surface area contributed by atoms with Crippen LogP contribution in [0.3, 0.4) is 0 Å². The molecule has 130 valence electrons. The SMILES string of the molecule is CCCOc1cc(C2OCC(C)(C)CO2)c(OCCC)cc1Br. The summed E-state index contributed by atoms with van der Waals surface area (Å²) in [5.41, 5.74) is 0.931. The Morgan fingerprint density at radius 2 is 1.61 bits per heavy atom. The van der Waals surface area contributed by atoms with Gasteiger partial charge in [0.25, 0.3) is 0 Å². The first kappa shape index (κ1) is 18.6. The van der Waals surface area contributed by atoms with Crippen molar-refractivity contribution in [1.82, 2.24) is 0 Å². The van der Waals surface area contributed by atoms with Gasteiger partial charge < -0.3 is 18.9 Å². The second-order valence-corrected chi connectivity index (χ2v) is 7.49. The molecule has 1 fully saturated rings. The van der Waals surface area contributed by atoms with Crippen LogP contribution < -0.4 is 9.47 Å². The van der Waals surface area contributed by atoms with Gasteiger partial charge in [0, 0.05) is 5.41 Å². The predicted octanol–water partition coefficient (Wildman–Crippen LogP) is 5.10. The summed E-state index contributed by atoms with van der Waals surface area (Å²) in [7, 11) is 0. The maximum Gasteiger partial charge on any atom is 0.187 e. The lowest BCUT2D eigenvalue weighted by Gasteiger charge is -2.35. The minimum Gasteiger partial charge on any atom is -0.493 e. The number of halogens is 1. The van der Waals surface area contributed by atoms with Gasteiger partial charge in [-0.3, -0.25) is 0 Å². The Morgan fingerprint density at radius 3 is 2.17 bits per heavy atom. The van der Waals surface area contributed by atoms with Gasteiger partial charge in [-0.25, -0.2) is 0 Å². The summed E-state index contributed by atoms with van der Waals surface area (Å²) in [6.45, 7) is 11.1. The molecule has 5 heteroatoms. The standard InChI is InChI=1S/C18H27BrO4/c1-5-7-20-15-10-14(19)16(21-8-6-2)9-13(15)17-22-11-18(3,4)12-23-17/h9-10,17H,5-8,11-12H2,1-4H3. The van der Waals surface area contributed by atoms with E-state index in [2.05, 4.69) is 43.6 Å². The molecule has 1 heterocycles. The summed E-state index contributed by atoms with van der Waals surface area (Å²) in [6, 6.07) is 3.91. The average Bonchev–Trinajstić information content (AvgIpc) is 2.52. The summed E-state index contributed by atoms with van der Waals surface area (Å²) < 4.78 is 24.4. The Balaban J connectivity index is 2.25. The van der Waals surface area contributed by atoms with Crippen molar-refractivity contribution in [3.05, 3.63) is 22.2 Å². The van der Waals surface area contributed by atoms with Gasteiger partial charge in [0.2, 0.25) is 0 Å². The van der Waals surface area contributed by atoms with Crippen molar-refractivity contribution < 1.29 is 18.9 Å². The van der Waals surface area contributed by atoms with Gasteiger partial charge in [0.05, 0.1) is 36.5 Å². The third-order valence-electron chi connectivity index (χ3n) is 3.49. The quantitative estimate of drug-likeness (QED) is 0.653. The molecule has 1 aliphatic rings. The van der Waals surface area contributed by atoms with E-state index in [1.54, 1.807) is 0 Å². The molecule has 0 bridgehead atoms. The van der Waals surface area contributed by atoms with Crippen LogP contribution in [0.5, 0.6) is 11.5 Å². The van der Waals surface area contributed by atoms with Gasteiger partial charge in [0.1, 0.15) is 11.5 Å². The van der Waals surface area contributed by atoms with Crippen molar-refractivity contribution in [1.29, 1.82) is 0 Å². The Morgan fingerprint density at radius 1 is 1.04 bits per heavy atom. The van der Waals surface area contributed by atoms with Gasteiger partial charge in [-0.15, -0.1) is 0 Å². The second-order valence-electron chi connectivity index (χ2n) is 6.64. The molecule has 1 aromatic rings. The van der Waals surface area contributed by atoms with Gasteiger partial charge in [-0.2, -0.15) is 0 Å². The fourth-order valence-electron chi connectivity index (χ4n) is 2.27. The summed E-state index contributed by atoms with van der Waals surface area (Å²) >= 11 is 3.56. The maximum atomic E-state index is 5.93. The lowest BCUT2D eigenvalue weighted by Crippen LogP contribution is -2.34. The van der Waals surface area contributed by atoms with E-state index in [9.17, 15) is 0 Å². The molecule has 0 saturated carbocycles. The zero-order valence-electron chi connectivity index (χ0n) is 14.5. The van der Waals surface area contributed by atoms with Gasteiger partial charge in [0.15, 0.2) is 6.29 Å². The first-order valence-corrected chi connectivity index (χ1v) is 9.08. The zero-order valence-corrected chi connectivity index (χ0v) is 16.1. The van der Waals surface area contributed by atoms with Crippen molar-refractivity contribution in [2.24, 2.45) is 5.41 Å². The normalized spacial score (nSPS) is 18.0. The van der Waals surface area contributed by atoms with E-state index in [4.69, 9.17) is 18.9 Å². The molecule has 23 heavy (non-hydrogen) atoms. The number of hydrogen-bond donors (Lipinski definition) is 0. The van der Waals surface area contributed by atoms with E-state index in [1.165, 1.54) is 0 Å². The molecular weight excluding hydrogens is 360 g/mol. The van der Waals surface area contributed by atoms with E-state index in [0.29, 0.717) is 26.4 Å². The molecule has 0 N–H and O–H groups in total. The fourth-order valence-corrected chi connectivity index (χ4v) is 2.70. The summed E-state index contributed by atoms with van der Waals surface area (Å²) in [4.78, 5) is 0. The first-order chi connectivity index (χ1) is 11.0. The van der Waals surface area contributed by atoms with Crippen molar-refractivity contribution in [2.45, 2.75) is 46.8 Å². The van der Waals surface area contributed by atoms with Crippen LogP contribution in [-0.2, 0) is 9.47 Å². The van der Waals surface area contributed by atoms with Crippen molar-refractivity contribution in [3.63, 3.8) is 0 Å². The average molecular weight is 387 g/mol. The topological polar surface area (TPSA) is 36.9 Å². The van der Waals surface area contributed by atoms with Crippen LogP contribution in [0.15, 0.2) is 16.6 Å². The molecule has 0 amide bonds. The third kappa shape index (κ3) is 5.10. The highest BCUT2D eigenvalue weighted by molar-refractivity contribution is 9.10. The first-order valence-electron chi connectivity index (χ1n) is 8.29. The van der Waals surface area contributed by atoms with Crippen LogP contribution >= 0.6 is 15.9 Å². The second kappa shape index (κ2) is 8.36. The fraction of sp³-hybridized carbons (Fsp3) is 0.667. The lowest BCUT2D eigenvalue weighted by atomic mass is 9.95. The molecule has 1 saturated heterocycles. The summed E-state index contributed by atoms with van der Waals surface area (Å²) in [6.07, 6.45) is 1.50. The number of ether oxygens (including phenoxy) is 4. The molecule has 0 unspecified atom stereocenters. The summed E-state index contributed by atoms with van der Waals surface area (Å²) in [5.74, 6) is 1.58. The highest BCUT2D eigenvalue weighted by Gasteiger charge is 2.31. The minimum absolute atomic E-state index is 0.0395. The zero-order chi connectivity index (χ0) is 16.9. The Hall–Kier alpha value is -0.780. The molecule has 0 aliphatic carbocycles. The Labute approximate surface area is 147 Å². The van der Waals surface area contributed by atoms with Crippen LogP contribution in [0.25, 0.3) is 0 Å². The molecule has 1 aliphatic heterocycles. The van der Waals surface area contributed by atoms with Crippen LogP contribution in [-0.4, -0.2) is 26.4 Å². The van der Waals surface area contributed by atoms with E-state index in [-0.39, 0.29) is 5.41 Å². The molecular formula is C18H27BrO4. The van der Waals surface area contributed by atoms with Crippen LogP contribution in [0, 0.1) is 5.41 Å². The largest absolute Gasteiger partial charge is 0.493 e. The Bertz CT molecular complexity index is 506. The predicted molar refractivity (Wildman–Crippen MR) is 94.1 cm³/mol. The number of hydrogen-bond acceptors (Lipinski definition) is 4. The molecule has 1 aromatic carbocycles. The Kier molecular flexibility index (Phi) is 6.74. The van der Waals surface area contributed by atoms with Crippen molar-refractivity contribution in [3.8, 4) is 11.5 Å².